The summed E-state index contributed by atoms with van der Waals surface area (Å²) in [6.45, 7) is 3.18. The Kier molecular flexibility index (Phi) is 6.73. The maximum Gasteiger partial charge on any atom is 0.322 e. The fourth-order valence-corrected chi connectivity index (χ4v) is 3.57. The number of carboxylic acid groups (broad SMARTS) is 1. The van der Waals surface area contributed by atoms with E-state index in [0.29, 0.717) is 5.75 Å². The third-order valence-electron chi connectivity index (χ3n) is 3.33. The van der Waals surface area contributed by atoms with Crippen molar-refractivity contribution in [3.63, 3.8) is 0 Å². The highest BCUT2D eigenvalue weighted by Gasteiger charge is 2.30. The Morgan fingerprint density at radius 2 is 1.88 bits per heavy atom. The molecule has 0 spiro atoms. The van der Waals surface area contributed by atoms with Gasteiger partial charge in [0.25, 0.3) is 0 Å². The average molecular weight is 359 g/mol. The quantitative estimate of drug-likeness (QED) is 0.659. The zero-order valence-corrected chi connectivity index (χ0v) is 14.7. The second-order valence-corrected chi connectivity index (χ2v) is 7.09. The number of carbonyl (C=O) groups excluding carboxylic acids is 1. The van der Waals surface area contributed by atoms with E-state index in [1.54, 1.807) is 13.8 Å². The lowest BCUT2D eigenvalue weighted by molar-refractivity contribution is -0.140. The summed E-state index contributed by atoms with van der Waals surface area (Å²) < 4.78 is 36.9. The molecule has 0 aliphatic rings. The number of nitrogens with one attached hydrogen (secondary N) is 1. The third kappa shape index (κ3) is 4.93. The zero-order valence-electron chi connectivity index (χ0n) is 13.9. The SMILES string of the molecule is COC(=O)Cc1cc(OC)ccc1S(=O)(=O)N[C@H](C(=O)O)C(C)C. The molecule has 0 saturated carbocycles. The number of esters is 1. The first-order chi connectivity index (χ1) is 11.1. The predicted octanol–water partition coefficient (Wildman–Crippen LogP) is 0.798. The van der Waals surface area contributed by atoms with Gasteiger partial charge in [0, 0.05) is 0 Å². The van der Waals surface area contributed by atoms with Crippen molar-refractivity contribution >= 4 is 22.0 Å². The van der Waals surface area contributed by atoms with Gasteiger partial charge >= 0.3 is 11.9 Å². The lowest BCUT2D eigenvalue weighted by Crippen LogP contribution is -2.44. The average Bonchev–Trinajstić information content (AvgIpc) is 2.51. The molecule has 2 N–H and O–H groups in total. The molecule has 0 heterocycles. The van der Waals surface area contributed by atoms with E-state index in [1.165, 1.54) is 32.4 Å². The van der Waals surface area contributed by atoms with Gasteiger partial charge in [0.2, 0.25) is 10.0 Å². The van der Waals surface area contributed by atoms with Gasteiger partial charge in [-0.05, 0) is 29.7 Å². The minimum absolute atomic E-state index is 0.154. The Morgan fingerprint density at radius 3 is 2.33 bits per heavy atom. The molecular formula is C15H21NO7S. The van der Waals surface area contributed by atoms with E-state index in [4.69, 9.17) is 9.84 Å². The summed E-state index contributed by atoms with van der Waals surface area (Å²) in [5.41, 5.74) is 0.154. The topological polar surface area (TPSA) is 119 Å². The number of sulfonamides is 1. The lowest BCUT2D eigenvalue weighted by Gasteiger charge is -2.19. The van der Waals surface area contributed by atoms with Crippen LogP contribution in [-0.4, -0.2) is 45.7 Å². The van der Waals surface area contributed by atoms with Crippen LogP contribution in [0.1, 0.15) is 19.4 Å². The van der Waals surface area contributed by atoms with Gasteiger partial charge in [-0.15, -0.1) is 0 Å². The first kappa shape index (κ1) is 19.9. The number of aliphatic carboxylic acids is 1. The van der Waals surface area contributed by atoms with Gasteiger partial charge in [-0.25, -0.2) is 8.42 Å². The van der Waals surface area contributed by atoms with E-state index in [-0.39, 0.29) is 16.9 Å². The molecule has 1 aromatic rings. The highest BCUT2D eigenvalue weighted by Crippen LogP contribution is 2.23. The largest absolute Gasteiger partial charge is 0.497 e. The Hall–Kier alpha value is -2.13. The number of benzene rings is 1. The van der Waals surface area contributed by atoms with E-state index in [9.17, 15) is 18.0 Å². The monoisotopic (exact) mass is 359 g/mol. The van der Waals surface area contributed by atoms with Gasteiger partial charge in [-0.3, -0.25) is 9.59 Å². The minimum atomic E-state index is -4.15. The molecule has 8 nitrogen and oxygen atoms in total. The first-order valence-electron chi connectivity index (χ1n) is 7.11. The van der Waals surface area contributed by atoms with Crippen LogP contribution in [0, 0.1) is 5.92 Å². The molecule has 0 unspecified atom stereocenters. The maximum absolute atomic E-state index is 12.6. The number of hydrogen-bond acceptors (Lipinski definition) is 6. The Bertz CT molecular complexity index is 713. The van der Waals surface area contributed by atoms with Crippen LogP contribution < -0.4 is 9.46 Å². The third-order valence-corrected chi connectivity index (χ3v) is 4.88. The molecule has 0 bridgehead atoms. The van der Waals surface area contributed by atoms with Gasteiger partial charge in [-0.1, -0.05) is 13.8 Å². The van der Waals surface area contributed by atoms with Gasteiger partial charge in [0.1, 0.15) is 11.8 Å². The highest BCUT2D eigenvalue weighted by atomic mass is 32.2. The Morgan fingerprint density at radius 1 is 1.25 bits per heavy atom. The van der Waals surface area contributed by atoms with Gasteiger partial charge < -0.3 is 14.6 Å². The van der Waals surface area contributed by atoms with Crippen molar-refractivity contribution in [1.82, 2.24) is 4.72 Å². The summed E-state index contributed by atoms with van der Waals surface area (Å²) in [5, 5.41) is 9.17. The molecule has 24 heavy (non-hydrogen) atoms. The van der Waals surface area contributed by atoms with Crippen LogP contribution in [0.2, 0.25) is 0 Å². The fourth-order valence-electron chi connectivity index (χ4n) is 2.01. The van der Waals surface area contributed by atoms with Crippen LogP contribution in [0.3, 0.4) is 0 Å². The van der Waals surface area contributed by atoms with Crippen molar-refractivity contribution in [2.75, 3.05) is 14.2 Å². The molecule has 134 valence electrons. The molecule has 0 aromatic heterocycles. The van der Waals surface area contributed by atoms with E-state index >= 15 is 0 Å². The number of hydrogen-bond donors (Lipinski definition) is 2. The van der Waals surface area contributed by atoms with Crippen molar-refractivity contribution in [1.29, 1.82) is 0 Å². The molecule has 0 fully saturated rings. The smallest absolute Gasteiger partial charge is 0.322 e. The molecule has 0 radical (unpaired) electrons. The molecule has 0 saturated heterocycles. The molecule has 1 aromatic carbocycles. The van der Waals surface area contributed by atoms with Crippen molar-refractivity contribution < 1.29 is 32.6 Å². The van der Waals surface area contributed by atoms with Crippen LogP contribution in [-0.2, 0) is 30.8 Å². The number of rotatable bonds is 8. The second-order valence-electron chi connectivity index (χ2n) is 5.41. The van der Waals surface area contributed by atoms with Gasteiger partial charge in [0.05, 0.1) is 25.5 Å². The standard InChI is InChI=1S/C15H21NO7S/c1-9(2)14(15(18)19)16-24(20,21)12-6-5-11(22-3)7-10(12)8-13(17)23-4/h5-7,9,14,16H,8H2,1-4H3,(H,18,19)/t14-/m0/s1. The number of carboxylic acids is 1. The van der Waals surface area contributed by atoms with Crippen LogP contribution in [0.5, 0.6) is 5.75 Å². The van der Waals surface area contributed by atoms with Crippen LogP contribution >= 0.6 is 0 Å². The van der Waals surface area contributed by atoms with Gasteiger partial charge in [-0.2, -0.15) is 4.72 Å². The van der Waals surface area contributed by atoms with Gasteiger partial charge in [0.15, 0.2) is 0 Å². The van der Waals surface area contributed by atoms with Crippen molar-refractivity contribution in [2.24, 2.45) is 5.92 Å². The molecule has 1 atom stereocenters. The predicted molar refractivity (Wildman–Crippen MR) is 85.3 cm³/mol. The van der Waals surface area contributed by atoms with Crippen molar-refractivity contribution in [2.45, 2.75) is 31.2 Å². The zero-order chi connectivity index (χ0) is 18.5. The first-order valence-corrected chi connectivity index (χ1v) is 8.59. The summed E-state index contributed by atoms with van der Waals surface area (Å²) in [6, 6.07) is 2.79. The molecule has 9 heteroatoms. The number of ether oxygens (including phenoxy) is 2. The summed E-state index contributed by atoms with van der Waals surface area (Å²) in [6.07, 6.45) is -0.288. The van der Waals surface area contributed by atoms with Crippen LogP contribution in [0.15, 0.2) is 23.1 Å². The molecule has 0 aliphatic heterocycles. The van der Waals surface area contributed by atoms with E-state index in [0.717, 1.165) is 0 Å². The fraction of sp³-hybridized carbons (Fsp3) is 0.467. The molecule has 0 amide bonds. The maximum atomic E-state index is 12.6. The summed E-state index contributed by atoms with van der Waals surface area (Å²) in [7, 11) is -1.56. The summed E-state index contributed by atoms with van der Waals surface area (Å²) >= 11 is 0. The van der Waals surface area contributed by atoms with Crippen molar-refractivity contribution in [3.8, 4) is 5.75 Å². The number of methoxy groups -OCH3 is 2. The van der Waals surface area contributed by atoms with Crippen LogP contribution in [0.4, 0.5) is 0 Å². The lowest BCUT2D eigenvalue weighted by atomic mass is 10.1. The van der Waals surface area contributed by atoms with E-state index < -0.39 is 33.9 Å². The molecule has 1 rings (SSSR count). The highest BCUT2D eigenvalue weighted by molar-refractivity contribution is 7.89. The number of carbonyl (C=O) groups is 2. The molecule has 0 aliphatic carbocycles. The minimum Gasteiger partial charge on any atom is -0.497 e. The van der Waals surface area contributed by atoms with E-state index in [1.807, 2.05) is 0 Å². The molecular weight excluding hydrogens is 338 g/mol. The summed E-state index contributed by atoms with van der Waals surface area (Å²) in [4.78, 5) is 22.6. The summed E-state index contributed by atoms with van der Waals surface area (Å²) in [5.74, 6) is -2.00. The second kappa shape index (κ2) is 8.11. The Balaban J connectivity index is 3.31. The normalized spacial score (nSPS) is 12.7. The van der Waals surface area contributed by atoms with Crippen LogP contribution in [0.25, 0.3) is 0 Å². The van der Waals surface area contributed by atoms with Crippen molar-refractivity contribution in [3.05, 3.63) is 23.8 Å². The van der Waals surface area contributed by atoms with E-state index in [2.05, 4.69) is 9.46 Å². The Labute approximate surface area is 140 Å².